The lowest BCUT2D eigenvalue weighted by molar-refractivity contribution is 0.112. The predicted molar refractivity (Wildman–Crippen MR) is 63.9 cm³/mol. The van der Waals surface area contributed by atoms with Crippen molar-refractivity contribution in [1.82, 2.24) is 0 Å². The van der Waals surface area contributed by atoms with Gasteiger partial charge in [-0.25, -0.2) is 0 Å². The number of carbonyl (C=O) groups excluding carboxylic acids is 1. The summed E-state index contributed by atoms with van der Waals surface area (Å²) in [6, 6.07) is 8.88. The zero-order chi connectivity index (χ0) is 10.6. The van der Waals surface area contributed by atoms with Gasteiger partial charge in [-0.2, -0.15) is 0 Å². The van der Waals surface area contributed by atoms with Crippen molar-refractivity contribution in [3.05, 3.63) is 42.5 Å². The van der Waals surface area contributed by atoms with Gasteiger partial charge in [-0.3, -0.25) is 4.79 Å². The normalized spacial score (nSPS) is 11.0. The molecule has 0 bridgehead atoms. The molecule has 0 amide bonds. The van der Waals surface area contributed by atoms with Crippen LogP contribution in [0.3, 0.4) is 0 Å². The summed E-state index contributed by atoms with van der Waals surface area (Å²) in [4.78, 5) is 10.9. The lowest BCUT2D eigenvalue weighted by Gasteiger charge is -2.22. The molecule has 0 aliphatic rings. The van der Waals surface area contributed by atoms with Gasteiger partial charge in [-0.1, -0.05) is 43.4 Å². The van der Waals surface area contributed by atoms with E-state index in [1.165, 1.54) is 5.19 Å². The molecule has 0 heterocycles. The summed E-state index contributed by atoms with van der Waals surface area (Å²) in [5, 5.41) is 1.23. The Balaban J connectivity index is 3.16. The second-order valence-corrected chi connectivity index (χ2v) is 8.80. The van der Waals surface area contributed by atoms with Crippen LogP contribution < -0.4 is 5.19 Å². The molecule has 14 heavy (non-hydrogen) atoms. The van der Waals surface area contributed by atoms with Crippen molar-refractivity contribution in [2.24, 2.45) is 0 Å². The Morgan fingerprint density at radius 2 is 2.00 bits per heavy atom. The van der Waals surface area contributed by atoms with Crippen LogP contribution in [-0.4, -0.2) is 14.4 Å². The molecule has 0 saturated heterocycles. The molecule has 0 radical (unpaired) electrons. The number of benzene rings is 1. The van der Waals surface area contributed by atoms with Gasteiger partial charge < -0.3 is 0 Å². The summed E-state index contributed by atoms with van der Waals surface area (Å²) in [7, 11) is -1.49. The van der Waals surface area contributed by atoms with Crippen LogP contribution in [0.4, 0.5) is 0 Å². The van der Waals surface area contributed by atoms with Crippen molar-refractivity contribution >= 4 is 19.5 Å². The van der Waals surface area contributed by atoms with Gasteiger partial charge in [0.15, 0.2) is 0 Å². The summed E-state index contributed by atoms with van der Waals surface area (Å²) in [5.74, 6) is 0. The molecule has 2 heteroatoms. The van der Waals surface area contributed by atoms with Gasteiger partial charge in [0, 0.05) is 5.56 Å². The van der Waals surface area contributed by atoms with E-state index in [1.807, 2.05) is 24.3 Å². The van der Waals surface area contributed by atoms with Crippen molar-refractivity contribution in [3.63, 3.8) is 0 Å². The number of carbonyl (C=O) groups is 1. The molecule has 0 aromatic heterocycles. The molecule has 1 rings (SSSR count). The highest BCUT2D eigenvalue weighted by molar-refractivity contribution is 6.90. The van der Waals surface area contributed by atoms with Crippen molar-refractivity contribution < 1.29 is 4.79 Å². The summed E-state index contributed by atoms with van der Waals surface area (Å²) in [6.45, 7) is 8.30. The fourth-order valence-electron chi connectivity index (χ4n) is 1.69. The van der Waals surface area contributed by atoms with Crippen molar-refractivity contribution in [3.8, 4) is 0 Å². The quantitative estimate of drug-likeness (QED) is 0.418. The Morgan fingerprint density at radius 1 is 1.36 bits per heavy atom. The number of hydrogen-bond donors (Lipinski definition) is 0. The van der Waals surface area contributed by atoms with Crippen LogP contribution in [0, 0.1) is 0 Å². The first-order valence-electron chi connectivity index (χ1n) is 4.77. The maximum Gasteiger partial charge on any atom is 0.149 e. The van der Waals surface area contributed by atoms with Crippen molar-refractivity contribution in [1.29, 1.82) is 0 Å². The fourth-order valence-corrected chi connectivity index (χ4v) is 4.10. The number of rotatable bonds is 4. The predicted octanol–water partition coefficient (Wildman–Crippen LogP) is 2.60. The molecular weight excluding hydrogens is 188 g/mol. The molecule has 74 valence electrons. The third kappa shape index (κ3) is 2.20. The van der Waals surface area contributed by atoms with E-state index in [1.54, 1.807) is 0 Å². The van der Waals surface area contributed by atoms with Crippen LogP contribution in [0.2, 0.25) is 19.1 Å². The summed E-state index contributed by atoms with van der Waals surface area (Å²) < 4.78 is 0. The minimum atomic E-state index is -1.49. The van der Waals surface area contributed by atoms with E-state index >= 15 is 0 Å². The van der Waals surface area contributed by atoms with E-state index in [9.17, 15) is 4.79 Å². The summed E-state index contributed by atoms with van der Waals surface area (Å²) in [5.41, 5.74) is 0.839. The number of aldehydes is 1. The monoisotopic (exact) mass is 204 g/mol. The minimum absolute atomic E-state index is 0.839. The third-order valence-corrected chi connectivity index (χ3v) is 5.69. The molecule has 0 aliphatic heterocycles. The Morgan fingerprint density at radius 3 is 2.57 bits per heavy atom. The molecule has 1 aromatic carbocycles. The van der Waals surface area contributed by atoms with Crippen molar-refractivity contribution in [2.45, 2.75) is 19.1 Å². The van der Waals surface area contributed by atoms with E-state index in [0.717, 1.165) is 17.9 Å². The van der Waals surface area contributed by atoms with E-state index < -0.39 is 8.07 Å². The lowest BCUT2D eigenvalue weighted by Crippen LogP contribution is -2.42. The first kappa shape index (κ1) is 10.9. The van der Waals surface area contributed by atoms with Crippen LogP contribution in [-0.2, 0) is 0 Å². The highest BCUT2D eigenvalue weighted by atomic mass is 28.3. The Labute approximate surface area is 86.5 Å². The van der Waals surface area contributed by atoms with Crippen LogP contribution in [0.25, 0.3) is 0 Å². The lowest BCUT2D eigenvalue weighted by atomic mass is 10.2. The first-order chi connectivity index (χ1) is 6.61. The Kier molecular flexibility index (Phi) is 3.41. The smallest absolute Gasteiger partial charge is 0.149 e. The van der Waals surface area contributed by atoms with Gasteiger partial charge in [0.25, 0.3) is 0 Å². The first-order valence-corrected chi connectivity index (χ1v) is 7.98. The average Bonchev–Trinajstić information content (AvgIpc) is 2.18. The van der Waals surface area contributed by atoms with E-state index in [2.05, 4.69) is 25.7 Å². The standard InChI is InChI=1S/C12H16OSi/c1-4-9-14(2,3)12-8-6-5-7-11(12)10-13/h4-8,10H,1,9H2,2-3H3. The Bertz CT molecular complexity index is 342. The van der Waals surface area contributed by atoms with Gasteiger partial charge in [-0.05, 0) is 11.2 Å². The fraction of sp³-hybridized carbons (Fsp3) is 0.250. The maximum absolute atomic E-state index is 10.9. The molecule has 0 unspecified atom stereocenters. The Hall–Kier alpha value is -1.15. The second-order valence-electron chi connectivity index (χ2n) is 4.08. The highest BCUT2D eigenvalue weighted by Gasteiger charge is 2.23. The van der Waals surface area contributed by atoms with Gasteiger partial charge in [0.2, 0.25) is 0 Å². The van der Waals surface area contributed by atoms with Gasteiger partial charge in [0.05, 0.1) is 8.07 Å². The zero-order valence-electron chi connectivity index (χ0n) is 8.79. The van der Waals surface area contributed by atoms with E-state index in [-0.39, 0.29) is 0 Å². The molecule has 0 aliphatic carbocycles. The van der Waals surface area contributed by atoms with Crippen molar-refractivity contribution in [2.75, 3.05) is 0 Å². The second kappa shape index (κ2) is 4.38. The van der Waals surface area contributed by atoms with E-state index in [0.29, 0.717) is 0 Å². The average molecular weight is 204 g/mol. The topological polar surface area (TPSA) is 17.1 Å². The molecule has 1 aromatic rings. The minimum Gasteiger partial charge on any atom is -0.298 e. The van der Waals surface area contributed by atoms with Crippen LogP contribution in [0.5, 0.6) is 0 Å². The van der Waals surface area contributed by atoms with Crippen LogP contribution in [0.15, 0.2) is 36.9 Å². The van der Waals surface area contributed by atoms with Crippen LogP contribution in [0.1, 0.15) is 10.4 Å². The third-order valence-electron chi connectivity index (χ3n) is 2.47. The molecule has 1 nitrogen and oxygen atoms in total. The summed E-state index contributed by atoms with van der Waals surface area (Å²) >= 11 is 0. The SMILES string of the molecule is C=CC[Si](C)(C)c1ccccc1C=O. The molecule has 0 atom stereocenters. The molecule has 0 fully saturated rings. The largest absolute Gasteiger partial charge is 0.298 e. The summed E-state index contributed by atoms with van der Waals surface area (Å²) in [6.07, 6.45) is 2.90. The molecule has 0 saturated carbocycles. The number of allylic oxidation sites excluding steroid dienone is 1. The van der Waals surface area contributed by atoms with Gasteiger partial charge in [0.1, 0.15) is 6.29 Å². The number of hydrogen-bond acceptors (Lipinski definition) is 1. The maximum atomic E-state index is 10.9. The van der Waals surface area contributed by atoms with E-state index in [4.69, 9.17) is 0 Å². The molecule has 0 spiro atoms. The highest BCUT2D eigenvalue weighted by Crippen LogP contribution is 2.12. The van der Waals surface area contributed by atoms with Crippen LogP contribution >= 0.6 is 0 Å². The van der Waals surface area contributed by atoms with Gasteiger partial charge >= 0.3 is 0 Å². The molecule has 0 N–H and O–H groups in total. The zero-order valence-corrected chi connectivity index (χ0v) is 9.79. The van der Waals surface area contributed by atoms with Gasteiger partial charge in [-0.15, -0.1) is 6.58 Å². The molecular formula is C12H16OSi.